The minimum Gasteiger partial charge on any atom is -0.382 e. The molecule has 1 saturated carbocycles. The third-order valence-corrected chi connectivity index (χ3v) is 3.46. The van der Waals surface area contributed by atoms with Gasteiger partial charge in [0.15, 0.2) is 5.96 Å². The summed E-state index contributed by atoms with van der Waals surface area (Å²) in [6.45, 7) is 7.64. The number of ether oxygens (including phenoxy) is 1. The molecular formula is C15H31N3O. The van der Waals surface area contributed by atoms with Crippen LogP contribution in [0.15, 0.2) is 4.99 Å². The molecule has 0 heterocycles. The number of unbranched alkanes of at least 4 members (excludes halogenated alkanes) is 1. The summed E-state index contributed by atoms with van der Waals surface area (Å²) in [6, 6.07) is 0.620. The van der Waals surface area contributed by atoms with E-state index in [-0.39, 0.29) is 0 Å². The smallest absolute Gasteiger partial charge is 0.191 e. The average molecular weight is 269 g/mol. The summed E-state index contributed by atoms with van der Waals surface area (Å²) in [5.41, 5.74) is 0. The fourth-order valence-electron chi connectivity index (χ4n) is 2.41. The Kier molecular flexibility index (Phi) is 9.51. The molecule has 1 rings (SSSR count). The summed E-state index contributed by atoms with van der Waals surface area (Å²) in [5, 5.41) is 6.91. The van der Waals surface area contributed by atoms with E-state index in [9.17, 15) is 0 Å². The Balaban J connectivity index is 2.21. The van der Waals surface area contributed by atoms with Crippen molar-refractivity contribution in [2.75, 3.05) is 26.3 Å². The average Bonchev–Trinajstić information content (AvgIpc) is 2.44. The Labute approximate surface area is 118 Å². The van der Waals surface area contributed by atoms with Gasteiger partial charge in [-0.05, 0) is 39.5 Å². The Morgan fingerprint density at radius 2 is 1.95 bits per heavy atom. The molecule has 0 unspecified atom stereocenters. The number of hydrogen-bond acceptors (Lipinski definition) is 2. The Morgan fingerprint density at radius 3 is 2.63 bits per heavy atom. The van der Waals surface area contributed by atoms with Crippen molar-refractivity contribution >= 4 is 5.96 Å². The number of guanidine groups is 1. The third kappa shape index (κ3) is 8.09. The lowest BCUT2D eigenvalue weighted by molar-refractivity contribution is 0.144. The van der Waals surface area contributed by atoms with Crippen LogP contribution in [0.3, 0.4) is 0 Å². The minimum absolute atomic E-state index is 0.620. The van der Waals surface area contributed by atoms with Gasteiger partial charge in [-0.2, -0.15) is 0 Å². The number of aliphatic imine (C=N–C) groups is 1. The van der Waals surface area contributed by atoms with Crippen molar-refractivity contribution in [3.63, 3.8) is 0 Å². The fraction of sp³-hybridized carbons (Fsp3) is 0.933. The van der Waals surface area contributed by atoms with E-state index in [2.05, 4.69) is 22.5 Å². The summed E-state index contributed by atoms with van der Waals surface area (Å²) >= 11 is 0. The summed E-state index contributed by atoms with van der Waals surface area (Å²) in [7, 11) is 0. The molecule has 4 nitrogen and oxygen atoms in total. The molecule has 1 fully saturated rings. The number of nitrogens with zero attached hydrogens (tertiary/aromatic N) is 1. The van der Waals surface area contributed by atoms with Crippen molar-refractivity contribution in [1.82, 2.24) is 10.6 Å². The van der Waals surface area contributed by atoms with E-state index in [0.29, 0.717) is 6.04 Å². The summed E-state index contributed by atoms with van der Waals surface area (Å²) in [6.07, 6.45) is 8.87. The highest BCUT2D eigenvalue weighted by atomic mass is 16.5. The van der Waals surface area contributed by atoms with E-state index in [4.69, 9.17) is 4.74 Å². The molecule has 0 aromatic rings. The van der Waals surface area contributed by atoms with Crippen LogP contribution in [0.4, 0.5) is 0 Å². The second-order valence-electron chi connectivity index (χ2n) is 5.14. The summed E-state index contributed by atoms with van der Waals surface area (Å²) in [4.78, 5) is 4.64. The van der Waals surface area contributed by atoms with Crippen LogP contribution in [0.5, 0.6) is 0 Å². The standard InChI is InChI=1S/C15H31N3O/c1-3-16-15(17-12-8-9-13-19-4-2)18-14-10-6-5-7-11-14/h14H,3-13H2,1-2H3,(H2,16,17,18). The predicted molar refractivity (Wildman–Crippen MR) is 81.7 cm³/mol. The molecule has 0 atom stereocenters. The number of nitrogens with one attached hydrogen (secondary N) is 2. The lowest BCUT2D eigenvalue weighted by atomic mass is 9.96. The molecule has 0 aliphatic heterocycles. The van der Waals surface area contributed by atoms with Crippen LogP contribution < -0.4 is 10.6 Å². The highest BCUT2D eigenvalue weighted by molar-refractivity contribution is 5.80. The van der Waals surface area contributed by atoms with Crippen molar-refractivity contribution in [2.45, 2.75) is 64.8 Å². The van der Waals surface area contributed by atoms with Gasteiger partial charge in [0.1, 0.15) is 0 Å². The first-order valence-electron chi connectivity index (χ1n) is 7.99. The van der Waals surface area contributed by atoms with Crippen LogP contribution in [0, 0.1) is 0 Å². The van der Waals surface area contributed by atoms with E-state index in [0.717, 1.165) is 45.1 Å². The molecule has 2 N–H and O–H groups in total. The summed E-state index contributed by atoms with van der Waals surface area (Å²) < 4.78 is 5.33. The lowest BCUT2D eigenvalue weighted by Crippen LogP contribution is -2.44. The van der Waals surface area contributed by atoms with Gasteiger partial charge in [-0.15, -0.1) is 0 Å². The Morgan fingerprint density at radius 1 is 1.16 bits per heavy atom. The number of rotatable bonds is 8. The Hall–Kier alpha value is -0.770. The van der Waals surface area contributed by atoms with Crippen LogP contribution in [-0.4, -0.2) is 38.3 Å². The van der Waals surface area contributed by atoms with Gasteiger partial charge in [-0.1, -0.05) is 19.3 Å². The van der Waals surface area contributed by atoms with Crippen molar-refractivity contribution < 1.29 is 4.74 Å². The molecule has 1 aliphatic rings. The topological polar surface area (TPSA) is 45.7 Å². The fourth-order valence-corrected chi connectivity index (χ4v) is 2.41. The van der Waals surface area contributed by atoms with Gasteiger partial charge in [0.25, 0.3) is 0 Å². The van der Waals surface area contributed by atoms with Crippen LogP contribution >= 0.6 is 0 Å². The quantitative estimate of drug-likeness (QED) is 0.404. The molecule has 0 bridgehead atoms. The maximum atomic E-state index is 5.33. The van der Waals surface area contributed by atoms with Crippen molar-refractivity contribution in [1.29, 1.82) is 0 Å². The predicted octanol–water partition coefficient (Wildman–Crippen LogP) is 2.69. The first-order valence-corrected chi connectivity index (χ1v) is 7.99. The van der Waals surface area contributed by atoms with E-state index < -0.39 is 0 Å². The van der Waals surface area contributed by atoms with Gasteiger partial charge in [0.2, 0.25) is 0 Å². The molecule has 4 heteroatoms. The van der Waals surface area contributed by atoms with E-state index >= 15 is 0 Å². The highest BCUT2D eigenvalue weighted by Gasteiger charge is 2.14. The van der Waals surface area contributed by atoms with Crippen LogP contribution in [-0.2, 0) is 4.74 Å². The zero-order valence-electron chi connectivity index (χ0n) is 12.7. The van der Waals surface area contributed by atoms with Gasteiger partial charge < -0.3 is 15.4 Å². The molecule has 0 radical (unpaired) electrons. The molecule has 1 aliphatic carbocycles. The van der Waals surface area contributed by atoms with E-state index in [1.165, 1.54) is 32.1 Å². The zero-order valence-corrected chi connectivity index (χ0v) is 12.7. The van der Waals surface area contributed by atoms with Crippen molar-refractivity contribution in [2.24, 2.45) is 4.99 Å². The van der Waals surface area contributed by atoms with Gasteiger partial charge in [-0.3, -0.25) is 4.99 Å². The molecule has 19 heavy (non-hydrogen) atoms. The summed E-state index contributed by atoms with van der Waals surface area (Å²) in [5.74, 6) is 0.991. The maximum absolute atomic E-state index is 5.33. The van der Waals surface area contributed by atoms with Gasteiger partial charge >= 0.3 is 0 Å². The Bertz CT molecular complexity index is 238. The minimum atomic E-state index is 0.620. The second kappa shape index (κ2) is 11.1. The van der Waals surface area contributed by atoms with Gasteiger partial charge in [0, 0.05) is 32.3 Å². The number of hydrogen-bond donors (Lipinski definition) is 2. The van der Waals surface area contributed by atoms with Crippen molar-refractivity contribution in [3.05, 3.63) is 0 Å². The molecule has 0 saturated heterocycles. The maximum Gasteiger partial charge on any atom is 0.191 e. The molecule has 0 aromatic heterocycles. The lowest BCUT2D eigenvalue weighted by Gasteiger charge is -2.24. The van der Waals surface area contributed by atoms with E-state index in [1.807, 2.05) is 6.92 Å². The van der Waals surface area contributed by atoms with Crippen LogP contribution in [0.1, 0.15) is 58.8 Å². The van der Waals surface area contributed by atoms with E-state index in [1.54, 1.807) is 0 Å². The molecule has 112 valence electrons. The first kappa shape index (κ1) is 16.3. The zero-order chi connectivity index (χ0) is 13.8. The first-order chi connectivity index (χ1) is 9.36. The SMILES string of the molecule is CCNC(=NCCCCOCC)NC1CCCCC1. The molecule has 0 amide bonds. The monoisotopic (exact) mass is 269 g/mol. The third-order valence-electron chi connectivity index (χ3n) is 3.46. The van der Waals surface area contributed by atoms with Crippen molar-refractivity contribution in [3.8, 4) is 0 Å². The van der Waals surface area contributed by atoms with Crippen LogP contribution in [0.25, 0.3) is 0 Å². The molecular weight excluding hydrogens is 238 g/mol. The highest BCUT2D eigenvalue weighted by Crippen LogP contribution is 2.17. The largest absolute Gasteiger partial charge is 0.382 e. The normalized spacial score (nSPS) is 17.5. The molecule has 0 spiro atoms. The van der Waals surface area contributed by atoms with Gasteiger partial charge in [0.05, 0.1) is 0 Å². The van der Waals surface area contributed by atoms with Crippen LogP contribution in [0.2, 0.25) is 0 Å². The molecule has 0 aromatic carbocycles. The van der Waals surface area contributed by atoms with Gasteiger partial charge in [-0.25, -0.2) is 0 Å². The second-order valence-corrected chi connectivity index (χ2v) is 5.14.